The van der Waals surface area contributed by atoms with Crippen LogP contribution in [0.4, 0.5) is 13.2 Å². The van der Waals surface area contributed by atoms with Crippen molar-refractivity contribution in [3.63, 3.8) is 0 Å². The summed E-state index contributed by atoms with van der Waals surface area (Å²) in [6.45, 7) is 9.52. The van der Waals surface area contributed by atoms with Gasteiger partial charge in [-0.1, -0.05) is 12.1 Å². The molecule has 39 heavy (non-hydrogen) atoms. The van der Waals surface area contributed by atoms with Gasteiger partial charge in [0.25, 0.3) is 5.91 Å². The van der Waals surface area contributed by atoms with Gasteiger partial charge in [0.05, 0.1) is 24.9 Å². The molecule has 4 rings (SSSR count). The van der Waals surface area contributed by atoms with E-state index in [0.717, 1.165) is 49.4 Å². The van der Waals surface area contributed by atoms with Crippen LogP contribution in [0.3, 0.4) is 0 Å². The second kappa shape index (κ2) is 12.7. The molecule has 0 bridgehead atoms. The van der Waals surface area contributed by atoms with Crippen molar-refractivity contribution in [1.82, 2.24) is 14.7 Å². The lowest BCUT2D eigenvalue weighted by Gasteiger charge is -2.43. The van der Waals surface area contributed by atoms with Crippen molar-refractivity contribution in [2.24, 2.45) is 0 Å². The van der Waals surface area contributed by atoms with Crippen LogP contribution in [0.2, 0.25) is 0 Å². The predicted octanol–water partition coefficient (Wildman–Crippen LogP) is 3.74. The van der Waals surface area contributed by atoms with Gasteiger partial charge in [0.2, 0.25) is 0 Å². The molecule has 2 aliphatic heterocycles. The average molecular weight is 550 g/mol. The third kappa shape index (κ3) is 7.72. The molecule has 214 valence electrons. The highest BCUT2D eigenvalue weighted by Gasteiger charge is 2.35. The summed E-state index contributed by atoms with van der Waals surface area (Å²) in [5, 5.41) is 10.2. The third-order valence-corrected chi connectivity index (χ3v) is 7.53. The summed E-state index contributed by atoms with van der Waals surface area (Å²) in [7, 11) is 1.66. The van der Waals surface area contributed by atoms with Gasteiger partial charge in [-0.15, -0.1) is 0 Å². The summed E-state index contributed by atoms with van der Waals surface area (Å²) in [4.78, 5) is 20.0. The molecule has 2 heterocycles. The van der Waals surface area contributed by atoms with Crippen LogP contribution in [0.1, 0.15) is 32.6 Å². The van der Waals surface area contributed by atoms with E-state index >= 15 is 0 Å². The molecule has 2 aromatic carbocycles. The Morgan fingerprint density at radius 2 is 1.79 bits per heavy atom. The number of carbonyl (C=O) groups excluding carboxylic acids is 1. The normalized spacial score (nSPS) is 21.3. The van der Waals surface area contributed by atoms with Gasteiger partial charge in [0.1, 0.15) is 5.75 Å². The Balaban J connectivity index is 1.50. The van der Waals surface area contributed by atoms with E-state index in [-0.39, 0.29) is 23.5 Å². The number of phenolic OH excluding ortho intramolecular Hbond substituents is 1. The van der Waals surface area contributed by atoms with Gasteiger partial charge in [-0.05, 0) is 61.2 Å². The minimum absolute atomic E-state index is 0.0463. The number of nitrogens with zero attached hydrogens (tertiary/aromatic N) is 3. The van der Waals surface area contributed by atoms with Gasteiger partial charge in [-0.3, -0.25) is 14.6 Å². The second-order valence-corrected chi connectivity index (χ2v) is 10.6. The Bertz CT molecular complexity index is 1140. The second-order valence-electron chi connectivity index (χ2n) is 10.6. The third-order valence-electron chi connectivity index (χ3n) is 7.53. The first-order chi connectivity index (χ1) is 18.5. The highest BCUT2D eigenvalue weighted by molar-refractivity contribution is 5.95. The van der Waals surface area contributed by atoms with E-state index in [9.17, 15) is 23.1 Å². The molecule has 2 atom stereocenters. The van der Waals surface area contributed by atoms with Crippen LogP contribution >= 0.6 is 0 Å². The average Bonchev–Trinajstić information content (AvgIpc) is 2.89. The topological polar surface area (TPSA) is 65.5 Å². The van der Waals surface area contributed by atoms with Crippen LogP contribution in [0.25, 0.3) is 0 Å². The fraction of sp³-hybridized carbons (Fsp3) is 0.552. The van der Waals surface area contributed by atoms with Crippen molar-refractivity contribution < 1.29 is 32.5 Å². The van der Waals surface area contributed by atoms with E-state index < -0.39 is 17.6 Å². The lowest BCUT2D eigenvalue weighted by Crippen LogP contribution is -2.57. The maximum Gasteiger partial charge on any atom is 0.416 e. The number of morpholine rings is 1. The maximum atomic E-state index is 13.6. The quantitative estimate of drug-likeness (QED) is 0.542. The number of hydrogen-bond donors (Lipinski definition) is 1. The van der Waals surface area contributed by atoms with Crippen LogP contribution in [0.5, 0.6) is 5.75 Å². The largest absolute Gasteiger partial charge is 0.508 e. The molecular weight excluding hydrogens is 511 g/mol. The molecular formula is C29H38F3N3O4. The molecule has 2 fully saturated rings. The van der Waals surface area contributed by atoms with Crippen molar-refractivity contribution in [3.05, 3.63) is 64.2 Å². The van der Waals surface area contributed by atoms with E-state index in [1.54, 1.807) is 25.0 Å². The number of alkyl halides is 3. The number of halogens is 3. The van der Waals surface area contributed by atoms with Crippen LogP contribution in [0.15, 0.2) is 36.4 Å². The molecule has 0 aliphatic carbocycles. The first-order valence-electron chi connectivity index (χ1n) is 13.4. The van der Waals surface area contributed by atoms with E-state index in [2.05, 4.69) is 9.80 Å². The summed E-state index contributed by atoms with van der Waals surface area (Å²) in [5.74, 6) is -0.217. The highest BCUT2D eigenvalue weighted by Crippen LogP contribution is 2.31. The van der Waals surface area contributed by atoms with Gasteiger partial charge in [-0.2, -0.15) is 13.2 Å². The van der Waals surface area contributed by atoms with Crippen molar-refractivity contribution in [2.45, 2.75) is 38.6 Å². The Labute approximate surface area is 228 Å². The molecule has 2 saturated heterocycles. The van der Waals surface area contributed by atoms with E-state index in [1.807, 2.05) is 19.1 Å². The van der Waals surface area contributed by atoms with Gasteiger partial charge < -0.3 is 19.5 Å². The number of rotatable bonds is 8. The number of phenols is 1. The number of piperazine rings is 1. The lowest BCUT2D eigenvalue weighted by molar-refractivity contribution is -0.137. The summed E-state index contributed by atoms with van der Waals surface area (Å²) in [6, 6.07) is 8.74. The number of ether oxygens (including phenoxy) is 2. The summed E-state index contributed by atoms with van der Waals surface area (Å²) >= 11 is 0. The summed E-state index contributed by atoms with van der Waals surface area (Å²) in [6.07, 6.45) is -3.99. The molecule has 0 spiro atoms. The van der Waals surface area contributed by atoms with Crippen LogP contribution in [0, 0.1) is 13.8 Å². The lowest BCUT2D eigenvalue weighted by atomic mass is 9.98. The van der Waals surface area contributed by atoms with Gasteiger partial charge in [0, 0.05) is 64.5 Å². The molecule has 1 amide bonds. The molecule has 0 unspecified atom stereocenters. The molecule has 0 radical (unpaired) electrons. The first-order valence-corrected chi connectivity index (χ1v) is 13.4. The number of aromatic hydroxyl groups is 1. The number of benzene rings is 2. The van der Waals surface area contributed by atoms with Gasteiger partial charge in [0.15, 0.2) is 0 Å². The molecule has 0 aromatic heterocycles. The Hall–Kier alpha value is -2.66. The van der Waals surface area contributed by atoms with E-state index in [0.29, 0.717) is 44.8 Å². The number of methoxy groups -OCH3 is 1. The van der Waals surface area contributed by atoms with Crippen molar-refractivity contribution in [1.29, 1.82) is 0 Å². The van der Waals surface area contributed by atoms with Crippen LogP contribution in [-0.4, -0.2) is 104 Å². The van der Waals surface area contributed by atoms with Crippen LogP contribution < -0.4 is 0 Å². The van der Waals surface area contributed by atoms with E-state index in [4.69, 9.17) is 9.47 Å². The molecule has 7 nitrogen and oxygen atoms in total. The summed E-state index contributed by atoms with van der Waals surface area (Å²) < 4.78 is 51.4. The van der Waals surface area contributed by atoms with Crippen LogP contribution in [-0.2, 0) is 22.1 Å². The van der Waals surface area contributed by atoms with Crippen molar-refractivity contribution >= 4 is 5.91 Å². The van der Waals surface area contributed by atoms with E-state index in [1.165, 1.54) is 6.07 Å². The van der Waals surface area contributed by atoms with Crippen molar-refractivity contribution in [2.75, 3.05) is 66.1 Å². The number of carbonyl (C=O) groups is 1. The van der Waals surface area contributed by atoms with Gasteiger partial charge in [-0.25, -0.2) is 0 Å². The Morgan fingerprint density at radius 1 is 1.05 bits per heavy atom. The smallest absolute Gasteiger partial charge is 0.416 e. The van der Waals surface area contributed by atoms with Crippen molar-refractivity contribution in [3.8, 4) is 5.75 Å². The SMILES string of the molecule is COC[C@@H]1CN(CCN2CCN(C(=O)c3cc(C)cc(C(F)(F)F)c3)[C@H](Cc3ccc(C)c(O)c3)C2)CCO1. The predicted molar refractivity (Wildman–Crippen MR) is 142 cm³/mol. The zero-order valence-corrected chi connectivity index (χ0v) is 22.8. The molecule has 10 heteroatoms. The molecule has 2 aromatic rings. The molecule has 2 aliphatic rings. The molecule has 0 saturated carbocycles. The Kier molecular flexibility index (Phi) is 9.53. The fourth-order valence-corrected chi connectivity index (χ4v) is 5.41. The Morgan fingerprint density at radius 3 is 2.49 bits per heavy atom. The maximum absolute atomic E-state index is 13.6. The number of hydrogen-bond acceptors (Lipinski definition) is 6. The minimum atomic E-state index is -4.53. The fourth-order valence-electron chi connectivity index (χ4n) is 5.41. The summed E-state index contributed by atoms with van der Waals surface area (Å²) in [5.41, 5.74) is 1.25. The number of amides is 1. The molecule has 1 N–H and O–H groups in total. The standard InChI is InChI=1S/C29H38F3N3O4/c1-20-12-23(16-24(13-20)29(30,31)32)28(37)35-9-8-33(6-7-34-10-11-39-26(18-34)19-38-3)17-25(35)14-22-5-4-21(2)27(36)15-22/h4-5,12-13,15-16,25-26,36H,6-11,14,17-19H2,1-3H3/t25-,26+/m1/s1. The minimum Gasteiger partial charge on any atom is -0.508 e. The highest BCUT2D eigenvalue weighted by atomic mass is 19.4. The first kappa shape index (κ1) is 29.3. The number of aryl methyl sites for hydroxylation is 2. The van der Waals surface area contributed by atoms with Gasteiger partial charge >= 0.3 is 6.18 Å². The zero-order valence-electron chi connectivity index (χ0n) is 22.8. The monoisotopic (exact) mass is 549 g/mol. The zero-order chi connectivity index (χ0) is 28.2.